The summed E-state index contributed by atoms with van der Waals surface area (Å²) in [4.78, 5) is 0. The van der Waals surface area contributed by atoms with Crippen molar-refractivity contribution in [1.29, 1.82) is 0 Å². The third kappa shape index (κ3) is 0.763. The van der Waals surface area contributed by atoms with Crippen molar-refractivity contribution < 1.29 is 4.42 Å². The fourth-order valence-electron chi connectivity index (χ4n) is 1.85. The van der Waals surface area contributed by atoms with E-state index in [1.807, 2.05) is 41.9 Å². The van der Waals surface area contributed by atoms with Gasteiger partial charge in [0.05, 0.1) is 5.52 Å². The molecule has 0 saturated carbocycles. The van der Waals surface area contributed by atoms with Crippen LogP contribution in [0.2, 0.25) is 0 Å². The zero-order valence-corrected chi connectivity index (χ0v) is 7.82. The number of hydrogen-bond donors (Lipinski definition) is 1. The number of hydrogen-bond acceptors (Lipinski definition) is 2. The van der Waals surface area contributed by atoms with Gasteiger partial charge in [-0.3, -0.25) is 0 Å². The van der Waals surface area contributed by atoms with Crippen LogP contribution in [0.25, 0.3) is 22.1 Å². The largest absolute Gasteiger partial charge is 0.454 e. The molecule has 3 heteroatoms. The summed E-state index contributed by atoms with van der Waals surface area (Å²) < 4.78 is 7.60. The number of anilines is 1. The van der Waals surface area contributed by atoms with Crippen molar-refractivity contribution in [1.82, 2.24) is 4.57 Å². The molecule has 0 spiro atoms. The molecule has 0 aliphatic carbocycles. The number of nitrogens with zero attached hydrogens (tertiary/aromatic N) is 1. The highest BCUT2D eigenvalue weighted by atomic mass is 16.3. The van der Waals surface area contributed by atoms with Gasteiger partial charge in [0.1, 0.15) is 11.4 Å². The molecule has 2 N–H and O–H groups in total. The summed E-state index contributed by atoms with van der Waals surface area (Å²) in [5.41, 5.74) is 8.62. The minimum absolute atomic E-state index is 0.726. The summed E-state index contributed by atoms with van der Waals surface area (Å²) >= 11 is 0. The van der Waals surface area contributed by atoms with Crippen molar-refractivity contribution in [2.24, 2.45) is 7.05 Å². The predicted octanol–water partition coefficient (Wildman–Crippen LogP) is 2.51. The van der Waals surface area contributed by atoms with Crippen molar-refractivity contribution >= 4 is 27.9 Å². The zero-order valence-electron chi connectivity index (χ0n) is 7.82. The summed E-state index contributed by atoms with van der Waals surface area (Å²) in [6, 6.07) is 9.83. The molecule has 3 aromatic rings. The van der Waals surface area contributed by atoms with Gasteiger partial charge in [-0.25, -0.2) is 0 Å². The Morgan fingerprint density at radius 3 is 2.86 bits per heavy atom. The second kappa shape index (κ2) is 2.32. The van der Waals surface area contributed by atoms with Crippen molar-refractivity contribution in [2.45, 2.75) is 0 Å². The molecule has 0 amide bonds. The number of para-hydroxylation sites is 1. The van der Waals surface area contributed by atoms with Crippen molar-refractivity contribution in [2.75, 3.05) is 5.73 Å². The topological polar surface area (TPSA) is 44.1 Å². The zero-order chi connectivity index (χ0) is 9.71. The van der Waals surface area contributed by atoms with Crippen LogP contribution in [-0.2, 0) is 7.05 Å². The molecule has 2 aromatic heterocycles. The number of fused-ring (bicyclic) bond motifs is 3. The maximum atomic E-state index is 5.79. The smallest absolute Gasteiger partial charge is 0.155 e. The Bertz CT molecular complexity index is 619. The van der Waals surface area contributed by atoms with E-state index in [1.54, 1.807) is 0 Å². The fraction of sp³-hybridized carbons (Fsp3) is 0.0909. The van der Waals surface area contributed by atoms with Gasteiger partial charge < -0.3 is 14.7 Å². The van der Waals surface area contributed by atoms with Crippen LogP contribution in [-0.4, -0.2) is 4.57 Å². The molecule has 1 aromatic carbocycles. The Kier molecular flexibility index (Phi) is 1.24. The first kappa shape index (κ1) is 7.50. The van der Waals surface area contributed by atoms with Gasteiger partial charge in [0.15, 0.2) is 5.58 Å². The van der Waals surface area contributed by atoms with Crippen LogP contribution in [0.4, 0.5) is 5.82 Å². The second-order valence-corrected chi connectivity index (χ2v) is 3.44. The van der Waals surface area contributed by atoms with Gasteiger partial charge in [0, 0.05) is 18.5 Å². The SMILES string of the molecule is Cn1c(N)cc2oc3ccccc3c21. The van der Waals surface area contributed by atoms with Crippen molar-refractivity contribution in [3.63, 3.8) is 0 Å². The van der Waals surface area contributed by atoms with E-state index in [-0.39, 0.29) is 0 Å². The van der Waals surface area contributed by atoms with E-state index >= 15 is 0 Å². The Labute approximate surface area is 80.7 Å². The van der Waals surface area contributed by atoms with E-state index in [4.69, 9.17) is 10.2 Å². The van der Waals surface area contributed by atoms with Gasteiger partial charge in [-0.05, 0) is 12.1 Å². The lowest BCUT2D eigenvalue weighted by Crippen LogP contribution is -1.94. The van der Waals surface area contributed by atoms with E-state index in [0.29, 0.717) is 0 Å². The van der Waals surface area contributed by atoms with Gasteiger partial charge in [0.25, 0.3) is 0 Å². The van der Waals surface area contributed by atoms with Crippen LogP contribution >= 0.6 is 0 Å². The highest BCUT2D eigenvalue weighted by Gasteiger charge is 2.11. The monoisotopic (exact) mass is 186 g/mol. The summed E-state index contributed by atoms with van der Waals surface area (Å²) in [7, 11) is 1.94. The van der Waals surface area contributed by atoms with Crippen molar-refractivity contribution in [3.05, 3.63) is 30.3 Å². The second-order valence-electron chi connectivity index (χ2n) is 3.44. The average molecular weight is 186 g/mol. The average Bonchev–Trinajstić information content (AvgIpc) is 2.65. The Morgan fingerprint density at radius 2 is 2.00 bits per heavy atom. The third-order valence-electron chi connectivity index (χ3n) is 2.60. The van der Waals surface area contributed by atoms with Crippen LogP contribution in [0.3, 0.4) is 0 Å². The summed E-state index contributed by atoms with van der Waals surface area (Å²) in [5.74, 6) is 0.726. The van der Waals surface area contributed by atoms with Gasteiger partial charge in [0.2, 0.25) is 0 Å². The van der Waals surface area contributed by atoms with Gasteiger partial charge >= 0.3 is 0 Å². The third-order valence-corrected chi connectivity index (χ3v) is 2.60. The number of nitrogens with two attached hydrogens (primary N) is 1. The van der Waals surface area contributed by atoms with Crippen LogP contribution in [0.5, 0.6) is 0 Å². The van der Waals surface area contributed by atoms with Gasteiger partial charge in [-0.15, -0.1) is 0 Å². The normalized spacial score (nSPS) is 11.5. The quantitative estimate of drug-likeness (QED) is 0.586. The maximum absolute atomic E-state index is 5.79. The van der Waals surface area contributed by atoms with Crippen LogP contribution in [0.1, 0.15) is 0 Å². The number of aromatic nitrogens is 1. The summed E-state index contributed by atoms with van der Waals surface area (Å²) in [6.45, 7) is 0. The van der Waals surface area contributed by atoms with Crippen LogP contribution in [0.15, 0.2) is 34.7 Å². The molecule has 70 valence electrons. The summed E-state index contributed by atoms with van der Waals surface area (Å²) in [5, 5.41) is 1.11. The minimum Gasteiger partial charge on any atom is -0.454 e. The van der Waals surface area contributed by atoms with Crippen LogP contribution in [0, 0.1) is 0 Å². The van der Waals surface area contributed by atoms with Gasteiger partial charge in [-0.1, -0.05) is 12.1 Å². The first-order chi connectivity index (χ1) is 6.77. The van der Waals surface area contributed by atoms with Crippen LogP contribution < -0.4 is 5.73 Å². The Hall–Kier alpha value is -1.90. The van der Waals surface area contributed by atoms with E-state index < -0.39 is 0 Å². The lowest BCUT2D eigenvalue weighted by molar-refractivity contribution is 0.669. The van der Waals surface area contributed by atoms with E-state index in [0.717, 1.165) is 27.9 Å². The Balaban J connectivity index is 2.62. The fourth-order valence-corrected chi connectivity index (χ4v) is 1.85. The predicted molar refractivity (Wildman–Crippen MR) is 57.1 cm³/mol. The molecule has 0 atom stereocenters. The molecule has 14 heavy (non-hydrogen) atoms. The highest BCUT2D eigenvalue weighted by Crippen LogP contribution is 2.31. The molecule has 0 fully saturated rings. The van der Waals surface area contributed by atoms with Gasteiger partial charge in [-0.2, -0.15) is 0 Å². The molecule has 2 heterocycles. The van der Waals surface area contributed by atoms with E-state index in [9.17, 15) is 0 Å². The molecule has 0 radical (unpaired) electrons. The minimum atomic E-state index is 0.726. The molecule has 3 nitrogen and oxygen atoms in total. The summed E-state index contributed by atoms with van der Waals surface area (Å²) in [6.07, 6.45) is 0. The molecular formula is C11H10N2O. The first-order valence-corrected chi connectivity index (χ1v) is 4.50. The number of benzene rings is 1. The molecule has 0 aliphatic rings. The van der Waals surface area contributed by atoms with E-state index in [2.05, 4.69) is 0 Å². The molecular weight excluding hydrogens is 176 g/mol. The number of nitrogen functional groups attached to an aromatic ring is 1. The van der Waals surface area contributed by atoms with E-state index in [1.165, 1.54) is 0 Å². The number of furan rings is 1. The number of aryl methyl sites for hydroxylation is 1. The lowest BCUT2D eigenvalue weighted by atomic mass is 10.2. The molecule has 0 saturated heterocycles. The standard InChI is InChI=1S/C11H10N2O/c1-13-10(12)6-9-11(13)7-4-2-3-5-8(7)14-9/h2-6H,12H2,1H3. The molecule has 0 aliphatic heterocycles. The molecule has 3 rings (SSSR count). The lowest BCUT2D eigenvalue weighted by Gasteiger charge is -1.96. The maximum Gasteiger partial charge on any atom is 0.155 e. The molecule has 0 bridgehead atoms. The highest BCUT2D eigenvalue weighted by molar-refractivity contribution is 6.04. The Morgan fingerprint density at radius 1 is 1.21 bits per heavy atom. The number of rotatable bonds is 0. The first-order valence-electron chi connectivity index (χ1n) is 4.50. The van der Waals surface area contributed by atoms with Crippen molar-refractivity contribution in [3.8, 4) is 0 Å². The molecule has 0 unspecified atom stereocenters.